The third kappa shape index (κ3) is 6.12. The summed E-state index contributed by atoms with van der Waals surface area (Å²) in [6, 6.07) is 4.85. The van der Waals surface area contributed by atoms with Crippen LogP contribution >= 0.6 is 23.2 Å². The number of hydrogen-bond acceptors (Lipinski definition) is 3. The van der Waals surface area contributed by atoms with Gasteiger partial charge in [0.2, 0.25) is 15.9 Å². The van der Waals surface area contributed by atoms with Crippen molar-refractivity contribution in [3.63, 3.8) is 0 Å². The molecule has 1 aliphatic heterocycles. The van der Waals surface area contributed by atoms with Crippen molar-refractivity contribution in [1.29, 1.82) is 0 Å². The Morgan fingerprint density at radius 3 is 2.50 bits per heavy atom. The van der Waals surface area contributed by atoms with Crippen molar-refractivity contribution < 1.29 is 13.2 Å². The maximum atomic E-state index is 12.6. The maximum Gasteiger partial charge on any atom is 0.223 e. The van der Waals surface area contributed by atoms with Crippen molar-refractivity contribution in [2.24, 2.45) is 5.92 Å². The molecule has 1 N–H and O–H groups in total. The highest BCUT2D eigenvalue weighted by atomic mass is 35.5. The molecule has 0 atom stereocenters. The largest absolute Gasteiger partial charge is 0.356 e. The Kier molecular flexibility index (Phi) is 8.20. The second kappa shape index (κ2) is 9.93. The van der Waals surface area contributed by atoms with Crippen LogP contribution in [0.15, 0.2) is 18.2 Å². The third-order valence-electron chi connectivity index (χ3n) is 4.63. The summed E-state index contributed by atoms with van der Waals surface area (Å²) in [5.41, 5.74) is 0.607. The number of sulfonamides is 1. The van der Waals surface area contributed by atoms with Crippen LogP contribution in [0.2, 0.25) is 10.0 Å². The van der Waals surface area contributed by atoms with E-state index in [0.29, 0.717) is 48.1 Å². The van der Waals surface area contributed by atoms with E-state index in [9.17, 15) is 13.2 Å². The quantitative estimate of drug-likeness (QED) is 0.649. The van der Waals surface area contributed by atoms with Gasteiger partial charge in [0, 0.05) is 25.6 Å². The van der Waals surface area contributed by atoms with E-state index >= 15 is 0 Å². The van der Waals surface area contributed by atoms with Crippen molar-refractivity contribution >= 4 is 39.1 Å². The molecule has 1 aliphatic rings. The molecule has 146 valence electrons. The number of hydrogen-bond donors (Lipinski definition) is 1. The minimum atomic E-state index is -3.44. The summed E-state index contributed by atoms with van der Waals surface area (Å²) < 4.78 is 26.7. The highest BCUT2D eigenvalue weighted by molar-refractivity contribution is 7.88. The van der Waals surface area contributed by atoms with Crippen LogP contribution in [-0.4, -0.2) is 38.3 Å². The van der Waals surface area contributed by atoms with Crippen LogP contribution in [-0.2, 0) is 20.6 Å². The molecule has 26 heavy (non-hydrogen) atoms. The van der Waals surface area contributed by atoms with Gasteiger partial charge >= 0.3 is 0 Å². The van der Waals surface area contributed by atoms with E-state index in [2.05, 4.69) is 12.2 Å². The maximum absolute atomic E-state index is 12.6. The van der Waals surface area contributed by atoms with Gasteiger partial charge < -0.3 is 5.32 Å². The number of unbranched alkanes of at least 4 members (excludes halogenated alkanes) is 2. The van der Waals surface area contributed by atoms with Crippen LogP contribution in [0.4, 0.5) is 0 Å². The molecule has 2 rings (SSSR count). The molecular formula is C18H26Cl2N2O3S. The Morgan fingerprint density at radius 1 is 1.19 bits per heavy atom. The number of piperidine rings is 1. The summed E-state index contributed by atoms with van der Waals surface area (Å²) >= 11 is 11.8. The molecule has 1 heterocycles. The lowest BCUT2D eigenvalue weighted by Gasteiger charge is -2.30. The summed E-state index contributed by atoms with van der Waals surface area (Å²) in [4.78, 5) is 12.2. The van der Waals surface area contributed by atoms with E-state index < -0.39 is 10.0 Å². The standard InChI is InChI=1S/C18H26Cl2N2O3S/c1-2-3-4-9-21-18(23)15-7-10-22(11-8-15)26(24,25)13-14-5-6-16(19)17(20)12-14/h5-6,12,15H,2-4,7-11,13H2,1H3,(H,21,23). The summed E-state index contributed by atoms with van der Waals surface area (Å²) in [6.45, 7) is 3.56. The van der Waals surface area contributed by atoms with Gasteiger partial charge in [0.15, 0.2) is 0 Å². The van der Waals surface area contributed by atoms with Crippen molar-refractivity contribution in [1.82, 2.24) is 9.62 Å². The Balaban J connectivity index is 1.85. The summed E-state index contributed by atoms with van der Waals surface area (Å²) in [6.07, 6.45) is 4.32. The Labute approximate surface area is 166 Å². The number of rotatable bonds is 8. The van der Waals surface area contributed by atoms with Crippen LogP contribution in [0.3, 0.4) is 0 Å². The molecule has 0 bridgehead atoms. The minimum Gasteiger partial charge on any atom is -0.356 e. The lowest BCUT2D eigenvalue weighted by Crippen LogP contribution is -2.43. The van der Waals surface area contributed by atoms with Crippen LogP contribution in [0.1, 0.15) is 44.6 Å². The normalized spacial score (nSPS) is 16.6. The number of nitrogens with zero attached hydrogens (tertiary/aromatic N) is 1. The average molecular weight is 421 g/mol. The van der Waals surface area contributed by atoms with Gasteiger partial charge in [0.1, 0.15) is 0 Å². The zero-order valence-corrected chi connectivity index (χ0v) is 17.3. The number of halogens is 2. The highest BCUT2D eigenvalue weighted by Gasteiger charge is 2.31. The Morgan fingerprint density at radius 2 is 1.88 bits per heavy atom. The zero-order valence-electron chi connectivity index (χ0n) is 15.0. The predicted molar refractivity (Wildman–Crippen MR) is 106 cm³/mol. The number of nitrogens with one attached hydrogen (secondary N) is 1. The van der Waals surface area contributed by atoms with E-state index in [1.165, 1.54) is 4.31 Å². The summed E-state index contributed by atoms with van der Waals surface area (Å²) in [7, 11) is -3.44. The number of carbonyl (C=O) groups is 1. The first kappa shape index (κ1) is 21.5. The molecule has 0 aromatic heterocycles. The van der Waals surface area contributed by atoms with Gasteiger partial charge in [-0.2, -0.15) is 0 Å². The van der Waals surface area contributed by atoms with E-state index in [0.717, 1.165) is 19.3 Å². The van der Waals surface area contributed by atoms with E-state index in [1.807, 2.05) is 0 Å². The number of carbonyl (C=O) groups excluding carboxylic acids is 1. The Bertz CT molecular complexity index is 717. The van der Waals surface area contributed by atoms with E-state index in [4.69, 9.17) is 23.2 Å². The van der Waals surface area contributed by atoms with Crippen molar-refractivity contribution in [3.8, 4) is 0 Å². The summed E-state index contributed by atoms with van der Waals surface area (Å²) in [5, 5.41) is 3.70. The molecule has 0 aliphatic carbocycles. The van der Waals surface area contributed by atoms with Gasteiger partial charge in [-0.3, -0.25) is 4.79 Å². The monoisotopic (exact) mass is 420 g/mol. The molecule has 1 aromatic carbocycles. The smallest absolute Gasteiger partial charge is 0.223 e. The molecule has 0 unspecified atom stereocenters. The third-order valence-corrected chi connectivity index (χ3v) is 7.22. The van der Waals surface area contributed by atoms with Gasteiger partial charge in [-0.1, -0.05) is 49.0 Å². The molecule has 0 saturated carbocycles. The van der Waals surface area contributed by atoms with Gasteiger partial charge in [-0.05, 0) is 37.0 Å². The van der Waals surface area contributed by atoms with Crippen LogP contribution in [0.25, 0.3) is 0 Å². The fraction of sp³-hybridized carbons (Fsp3) is 0.611. The zero-order chi connectivity index (χ0) is 19.2. The minimum absolute atomic E-state index is 0.0441. The first-order valence-corrected chi connectivity index (χ1v) is 11.4. The summed E-state index contributed by atoms with van der Waals surface area (Å²) in [5.74, 6) is -0.173. The van der Waals surface area contributed by atoms with Crippen molar-refractivity contribution in [3.05, 3.63) is 33.8 Å². The van der Waals surface area contributed by atoms with Gasteiger partial charge in [-0.25, -0.2) is 12.7 Å². The fourth-order valence-electron chi connectivity index (χ4n) is 3.06. The van der Waals surface area contributed by atoms with Gasteiger partial charge in [0.05, 0.1) is 15.8 Å². The van der Waals surface area contributed by atoms with Gasteiger partial charge in [0.25, 0.3) is 0 Å². The Hall–Kier alpha value is -0.820. The SMILES string of the molecule is CCCCCNC(=O)C1CCN(S(=O)(=O)Cc2ccc(Cl)c(Cl)c2)CC1. The van der Waals surface area contributed by atoms with Crippen molar-refractivity contribution in [2.45, 2.75) is 44.8 Å². The molecule has 1 amide bonds. The average Bonchev–Trinajstić information content (AvgIpc) is 2.61. The molecule has 5 nitrogen and oxygen atoms in total. The van der Waals surface area contributed by atoms with Crippen molar-refractivity contribution in [2.75, 3.05) is 19.6 Å². The molecule has 8 heteroatoms. The lowest BCUT2D eigenvalue weighted by molar-refractivity contribution is -0.126. The molecule has 0 radical (unpaired) electrons. The van der Waals surface area contributed by atoms with Crippen LogP contribution < -0.4 is 5.32 Å². The van der Waals surface area contributed by atoms with E-state index in [1.54, 1.807) is 18.2 Å². The predicted octanol–water partition coefficient (Wildman–Crippen LogP) is 3.84. The second-order valence-electron chi connectivity index (χ2n) is 6.68. The molecule has 1 saturated heterocycles. The topological polar surface area (TPSA) is 66.5 Å². The van der Waals surface area contributed by atoms with Crippen LogP contribution in [0.5, 0.6) is 0 Å². The number of amides is 1. The van der Waals surface area contributed by atoms with Crippen LogP contribution in [0, 0.1) is 5.92 Å². The number of benzene rings is 1. The lowest BCUT2D eigenvalue weighted by atomic mass is 9.97. The fourth-order valence-corrected chi connectivity index (χ4v) is 4.93. The van der Waals surface area contributed by atoms with Gasteiger partial charge in [-0.15, -0.1) is 0 Å². The molecular weight excluding hydrogens is 395 g/mol. The molecule has 0 spiro atoms. The molecule has 1 fully saturated rings. The molecule has 1 aromatic rings. The first-order valence-electron chi connectivity index (χ1n) is 9.03. The second-order valence-corrected chi connectivity index (χ2v) is 9.46. The highest BCUT2D eigenvalue weighted by Crippen LogP contribution is 2.26. The first-order chi connectivity index (χ1) is 12.3. The van der Waals surface area contributed by atoms with E-state index in [-0.39, 0.29) is 17.6 Å².